The number of hydrogen-bond acceptors (Lipinski definition) is 7. The van der Waals surface area contributed by atoms with Crippen molar-refractivity contribution in [2.45, 2.75) is 70.1 Å². The van der Waals surface area contributed by atoms with Gasteiger partial charge in [-0.3, -0.25) is 4.79 Å². The van der Waals surface area contributed by atoms with E-state index in [-0.39, 0.29) is 37.0 Å². The van der Waals surface area contributed by atoms with Gasteiger partial charge in [0.2, 0.25) is 5.92 Å². The van der Waals surface area contributed by atoms with Crippen LogP contribution in [0.15, 0.2) is 24.3 Å². The first-order valence-corrected chi connectivity index (χ1v) is 14.7. The van der Waals surface area contributed by atoms with Gasteiger partial charge in [-0.15, -0.1) is 0 Å². The number of benzene rings is 1. The summed E-state index contributed by atoms with van der Waals surface area (Å²) in [6.45, 7) is 3.29. The summed E-state index contributed by atoms with van der Waals surface area (Å²) in [5.41, 5.74) is 2.98. The average molecular weight is 548 g/mol. The smallest absolute Gasteiger partial charge is 0.258 e. The number of aromatic nitrogens is 2. The number of anilines is 3. The highest BCUT2D eigenvalue weighted by Gasteiger charge is 2.44. The van der Waals surface area contributed by atoms with Gasteiger partial charge in [0.15, 0.2) is 5.75 Å². The highest BCUT2D eigenvalue weighted by Crippen LogP contribution is 2.54. The van der Waals surface area contributed by atoms with Crippen molar-refractivity contribution in [2.75, 3.05) is 40.4 Å². The molecule has 3 N–H and O–H groups in total. The van der Waals surface area contributed by atoms with Gasteiger partial charge in [-0.25, -0.2) is 23.5 Å². The van der Waals surface area contributed by atoms with Gasteiger partial charge in [0.25, 0.3) is 5.91 Å². The van der Waals surface area contributed by atoms with Crippen LogP contribution in [0.5, 0.6) is 0 Å². The predicted octanol–water partition coefficient (Wildman–Crippen LogP) is 4.78. The van der Waals surface area contributed by atoms with Crippen LogP contribution in [0, 0.1) is 12.3 Å². The molecule has 5 rings (SSSR count). The summed E-state index contributed by atoms with van der Waals surface area (Å²) in [5.74, 6) is -2.16. The molecular weight excluding hydrogens is 512 g/mol. The maximum atomic E-state index is 13.7. The molecule has 2 heterocycles. The topological polar surface area (TPSA) is 113 Å². The molecule has 0 radical (unpaired) electrons. The molecule has 11 heteroatoms. The molecule has 1 spiro atoms. The first-order chi connectivity index (χ1) is 18.2. The summed E-state index contributed by atoms with van der Waals surface area (Å²) in [5, 5.41) is 12.0. The van der Waals surface area contributed by atoms with E-state index < -0.39 is 17.3 Å². The van der Waals surface area contributed by atoms with Crippen LogP contribution < -0.4 is 14.9 Å². The van der Waals surface area contributed by atoms with Gasteiger partial charge < -0.3 is 19.9 Å². The van der Waals surface area contributed by atoms with Crippen molar-refractivity contribution in [1.29, 1.82) is 0 Å². The molecule has 8 nitrogen and oxygen atoms in total. The Morgan fingerprint density at radius 3 is 2.50 bits per heavy atom. The van der Waals surface area contributed by atoms with E-state index >= 15 is 0 Å². The van der Waals surface area contributed by atoms with E-state index in [9.17, 15) is 18.1 Å². The Balaban J connectivity index is 1.36. The number of nitrogens with one attached hydrogen (secondary N) is 2. The quantitative estimate of drug-likeness (QED) is 0.408. The van der Waals surface area contributed by atoms with E-state index in [4.69, 9.17) is 5.11 Å². The number of amides is 1. The normalized spacial score (nSPS) is 21.2. The molecule has 2 saturated carbocycles. The van der Waals surface area contributed by atoms with E-state index in [0.29, 0.717) is 46.8 Å². The summed E-state index contributed by atoms with van der Waals surface area (Å²) in [4.78, 5) is 24.8. The van der Waals surface area contributed by atoms with Gasteiger partial charge in [0, 0.05) is 43.6 Å². The van der Waals surface area contributed by atoms with Gasteiger partial charge in [-0.2, -0.15) is 0 Å². The Morgan fingerprint density at radius 1 is 1.13 bits per heavy atom. The monoisotopic (exact) mass is 547 g/mol. The van der Waals surface area contributed by atoms with Crippen molar-refractivity contribution in [2.24, 2.45) is 5.41 Å². The molecule has 38 heavy (non-hydrogen) atoms. The molecule has 1 aromatic carbocycles. The fourth-order valence-electron chi connectivity index (χ4n) is 5.53. The molecule has 1 unspecified atom stereocenters. The zero-order valence-corrected chi connectivity index (χ0v) is 22.5. The molecule has 2 aliphatic carbocycles. The summed E-state index contributed by atoms with van der Waals surface area (Å²) < 4.78 is 42.4. The highest BCUT2D eigenvalue weighted by molar-refractivity contribution is 7.92. The molecule has 2 aromatic rings. The second-order valence-corrected chi connectivity index (χ2v) is 12.2. The Morgan fingerprint density at radius 2 is 1.84 bits per heavy atom. The van der Waals surface area contributed by atoms with E-state index in [1.807, 2.05) is 6.07 Å². The van der Waals surface area contributed by atoms with Crippen LogP contribution in [0.4, 0.5) is 26.0 Å². The number of aliphatic hydroxyl groups excluding tert-OH is 1. The lowest BCUT2D eigenvalue weighted by molar-refractivity contribution is -0.0387. The molecule has 3 fully saturated rings. The number of aliphatic hydroxyl groups is 1. The Kier molecular flexibility index (Phi) is 7.79. The summed E-state index contributed by atoms with van der Waals surface area (Å²) in [7, 11) is 0. The second-order valence-electron chi connectivity index (χ2n) is 10.9. The van der Waals surface area contributed by atoms with Crippen LogP contribution in [-0.4, -0.2) is 56.9 Å². The average Bonchev–Trinajstić information content (AvgIpc) is 3.62. The molecule has 3 aliphatic rings. The van der Waals surface area contributed by atoms with Crippen LogP contribution in [0.2, 0.25) is 0 Å². The molecule has 1 atom stereocenters. The Labute approximate surface area is 224 Å². The van der Waals surface area contributed by atoms with E-state index in [2.05, 4.69) is 24.9 Å². The summed E-state index contributed by atoms with van der Waals surface area (Å²) in [6, 6.07) is 6.94. The maximum Gasteiger partial charge on any atom is 0.258 e. The molecule has 1 aliphatic heterocycles. The standard InChI is InChI=1S/C27H35F2N5O3S/c1-18-16-23(31-24(30-18)19-4-6-27(28,29)7-5-19)32-25(36)21-3-2-20(33-38(37)15-14-35)17-22(21)34-12-10-26(8-9-26)11-13-34/h2-3,16-17,19,33,35H,4-15H2,1H3,(H,30,31,32,36). The van der Waals surface area contributed by atoms with Gasteiger partial charge in [-0.1, -0.05) is 0 Å². The molecule has 1 aromatic heterocycles. The SMILES string of the molecule is Cc1cc(NC(=O)c2ccc(N[S+]([O-])CCO)cc2N2CCC3(CC2)CC3)nc(C2CCC(F)(F)CC2)n1. The highest BCUT2D eigenvalue weighted by atomic mass is 32.2. The van der Waals surface area contributed by atoms with Gasteiger partial charge in [0.05, 0.1) is 34.9 Å². The second kappa shape index (κ2) is 10.9. The van der Waals surface area contributed by atoms with Crippen LogP contribution in [-0.2, 0) is 11.4 Å². The number of rotatable bonds is 8. The minimum Gasteiger partial charge on any atom is -0.593 e. The number of carbonyl (C=O) groups excluding carboxylic acids is 1. The molecular formula is C27H35F2N5O3S. The number of aryl methyl sites for hydroxylation is 1. The third-order valence-electron chi connectivity index (χ3n) is 8.07. The van der Waals surface area contributed by atoms with Gasteiger partial charge in [0.1, 0.15) is 11.6 Å². The fourth-order valence-corrected chi connectivity index (χ4v) is 6.19. The van der Waals surface area contributed by atoms with Crippen LogP contribution in [0.25, 0.3) is 0 Å². The van der Waals surface area contributed by atoms with Crippen LogP contribution in [0.3, 0.4) is 0 Å². The lowest BCUT2D eigenvalue weighted by Gasteiger charge is -2.35. The zero-order valence-electron chi connectivity index (χ0n) is 21.6. The first-order valence-electron chi connectivity index (χ1n) is 13.4. The number of halogens is 2. The van der Waals surface area contributed by atoms with Gasteiger partial charge in [-0.05, 0) is 69.1 Å². The van der Waals surface area contributed by atoms with Crippen molar-refractivity contribution in [3.8, 4) is 0 Å². The van der Waals surface area contributed by atoms with Crippen molar-refractivity contribution in [3.63, 3.8) is 0 Å². The minimum absolute atomic E-state index is 0.109. The van der Waals surface area contributed by atoms with Gasteiger partial charge >= 0.3 is 0 Å². The first kappa shape index (κ1) is 27.1. The Hall–Kier alpha value is -2.50. The van der Waals surface area contributed by atoms with Crippen molar-refractivity contribution < 1.29 is 23.2 Å². The third kappa shape index (κ3) is 6.38. The molecule has 1 saturated heterocycles. The number of nitrogens with zero attached hydrogens (tertiary/aromatic N) is 3. The van der Waals surface area contributed by atoms with Crippen LogP contribution >= 0.6 is 0 Å². The maximum absolute atomic E-state index is 13.7. The largest absolute Gasteiger partial charge is 0.593 e. The lowest BCUT2D eigenvalue weighted by atomic mass is 9.86. The molecule has 1 amide bonds. The number of hydrogen-bond donors (Lipinski definition) is 3. The molecule has 0 bridgehead atoms. The zero-order chi connectivity index (χ0) is 26.9. The predicted molar refractivity (Wildman–Crippen MR) is 144 cm³/mol. The number of carbonyl (C=O) groups is 1. The molecule has 206 valence electrons. The number of piperidine rings is 1. The lowest BCUT2D eigenvalue weighted by Crippen LogP contribution is -2.35. The van der Waals surface area contributed by atoms with Crippen molar-refractivity contribution in [1.82, 2.24) is 9.97 Å². The van der Waals surface area contributed by atoms with Crippen LogP contribution in [0.1, 0.15) is 79.2 Å². The fraction of sp³-hybridized carbons (Fsp3) is 0.593. The van der Waals surface area contributed by atoms with Crippen molar-refractivity contribution >= 4 is 34.5 Å². The van der Waals surface area contributed by atoms with Crippen molar-refractivity contribution in [3.05, 3.63) is 41.3 Å². The minimum atomic E-state index is -2.63. The summed E-state index contributed by atoms with van der Waals surface area (Å²) in [6.07, 6.45) is 4.97. The van der Waals surface area contributed by atoms with E-state index in [1.165, 1.54) is 12.8 Å². The third-order valence-corrected chi connectivity index (χ3v) is 9.08. The van der Waals surface area contributed by atoms with E-state index in [0.717, 1.165) is 31.6 Å². The Bertz CT molecular complexity index is 1160. The number of alkyl halides is 2. The van der Waals surface area contributed by atoms with E-state index in [1.54, 1.807) is 25.1 Å². The summed E-state index contributed by atoms with van der Waals surface area (Å²) >= 11 is -1.43.